The summed E-state index contributed by atoms with van der Waals surface area (Å²) < 4.78 is 10.5. The van der Waals surface area contributed by atoms with Gasteiger partial charge in [0, 0.05) is 25.5 Å². The number of hydrogen-bond donors (Lipinski definition) is 1. The van der Waals surface area contributed by atoms with E-state index in [4.69, 9.17) is 9.47 Å². The summed E-state index contributed by atoms with van der Waals surface area (Å²) in [5.74, 6) is 0.0646. The van der Waals surface area contributed by atoms with E-state index in [1.807, 2.05) is 20.8 Å². The van der Waals surface area contributed by atoms with Crippen LogP contribution in [0.15, 0.2) is 0 Å². The van der Waals surface area contributed by atoms with Crippen LogP contribution in [-0.2, 0) is 14.3 Å². The fourth-order valence-electron chi connectivity index (χ4n) is 1.17. The van der Waals surface area contributed by atoms with Crippen LogP contribution in [0.3, 0.4) is 0 Å². The van der Waals surface area contributed by atoms with Gasteiger partial charge in [0.2, 0.25) is 5.91 Å². The second-order valence-electron chi connectivity index (χ2n) is 4.35. The Bertz CT molecular complexity index is 182. The number of hydrogen-bond acceptors (Lipinski definition) is 3. The highest BCUT2D eigenvalue weighted by Gasteiger charge is 2.17. The highest BCUT2D eigenvalue weighted by molar-refractivity contribution is 5.75. The molecule has 0 rings (SSSR count). The van der Waals surface area contributed by atoms with Crippen molar-refractivity contribution in [1.82, 2.24) is 5.32 Å². The van der Waals surface area contributed by atoms with Gasteiger partial charge >= 0.3 is 0 Å². The van der Waals surface area contributed by atoms with E-state index in [9.17, 15) is 4.79 Å². The molecular weight excluding hydrogens is 218 g/mol. The molecule has 4 nitrogen and oxygen atoms in total. The third-order valence-corrected chi connectivity index (χ3v) is 1.92. The predicted molar refractivity (Wildman–Crippen MR) is 71.1 cm³/mol. The molecule has 0 aromatic carbocycles. The molecule has 0 aromatic heterocycles. The fraction of sp³-hybridized carbons (Fsp3) is 0.923. The summed E-state index contributed by atoms with van der Waals surface area (Å²) in [7, 11) is 1.68. The minimum atomic E-state index is 0.0313. The van der Waals surface area contributed by atoms with Crippen molar-refractivity contribution in [2.75, 3.05) is 33.5 Å². The van der Waals surface area contributed by atoms with Gasteiger partial charge in [-0.3, -0.25) is 4.79 Å². The number of ether oxygens (including phenoxy) is 2. The van der Waals surface area contributed by atoms with Crippen molar-refractivity contribution in [3.63, 3.8) is 0 Å². The normalized spacial score (nSPS) is 10.5. The van der Waals surface area contributed by atoms with E-state index in [-0.39, 0.29) is 11.3 Å². The maximum Gasteiger partial charge on any atom is 0.219 e. The van der Waals surface area contributed by atoms with E-state index in [1.54, 1.807) is 7.11 Å². The number of carbonyl (C=O) groups excluding carboxylic acids is 1. The van der Waals surface area contributed by atoms with Gasteiger partial charge in [0.15, 0.2) is 0 Å². The number of methoxy groups -OCH3 is 1. The van der Waals surface area contributed by atoms with Gasteiger partial charge in [0.25, 0.3) is 0 Å². The average molecular weight is 247 g/mol. The van der Waals surface area contributed by atoms with Crippen molar-refractivity contribution in [2.24, 2.45) is 5.41 Å². The zero-order valence-electron chi connectivity index (χ0n) is 12.3. The first kappa shape index (κ1) is 18.7. The van der Waals surface area contributed by atoms with Crippen molar-refractivity contribution < 1.29 is 14.3 Å². The Morgan fingerprint density at radius 1 is 1.24 bits per heavy atom. The zero-order valence-corrected chi connectivity index (χ0v) is 12.3. The highest BCUT2D eigenvalue weighted by atomic mass is 16.5. The van der Waals surface area contributed by atoms with Crippen LogP contribution in [0.25, 0.3) is 0 Å². The van der Waals surface area contributed by atoms with E-state index >= 15 is 0 Å². The SMILES string of the molecule is CC.CCC(=O)NCCOCC(C)(C)COC. The van der Waals surface area contributed by atoms with Crippen molar-refractivity contribution in [1.29, 1.82) is 0 Å². The lowest BCUT2D eigenvalue weighted by molar-refractivity contribution is -0.121. The maximum atomic E-state index is 10.9. The van der Waals surface area contributed by atoms with E-state index in [2.05, 4.69) is 19.2 Å². The van der Waals surface area contributed by atoms with E-state index in [0.717, 1.165) is 0 Å². The second-order valence-corrected chi connectivity index (χ2v) is 4.35. The Hall–Kier alpha value is -0.610. The lowest BCUT2D eigenvalue weighted by atomic mass is 9.96. The summed E-state index contributed by atoms with van der Waals surface area (Å²) in [6.07, 6.45) is 0.523. The lowest BCUT2D eigenvalue weighted by Crippen LogP contribution is -2.29. The molecule has 0 fully saturated rings. The molecule has 0 aliphatic heterocycles. The Labute approximate surface area is 106 Å². The molecule has 17 heavy (non-hydrogen) atoms. The van der Waals surface area contributed by atoms with Crippen LogP contribution in [0.5, 0.6) is 0 Å². The minimum Gasteiger partial charge on any atom is -0.384 e. The number of nitrogens with one attached hydrogen (secondary N) is 1. The monoisotopic (exact) mass is 247 g/mol. The van der Waals surface area contributed by atoms with Gasteiger partial charge in [-0.2, -0.15) is 0 Å². The molecule has 0 heterocycles. The van der Waals surface area contributed by atoms with Crippen molar-refractivity contribution in [3.05, 3.63) is 0 Å². The first-order chi connectivity index (χ1) is 8.02. The first-order valence-electron chi connectivity index (χ1n) is 6.35. The summed E-state index contributed by atoms with van der Waals surface area (Å²) >= 11 is 0. The van der Waals surface area contributed by atoms with Gasteiger partial charge in [-0.1, -0.05) is 34.6 Å². The second kappa shape index (κ2) is 11.9. The molecule has 4 heteroatoms. The molecule has 104 valence electrons. The molecule has 0 aliphatic rings. The van der Waals surface area contributed by atoms with Crippen molar-refractivity contribution >= 4 is 5.91 Å². The molecule has 1 amide bonds. The molecule has 1 N–H and O–H groups in total. The fourth-order valence-corrected chi connectivity index (χ4v) is 1.17. The molecule has 0 aromatic rings. The minimum absolute atomic E-state index is 0.0313. The Balaban J connectivity index is 0. The van der Waals surface area contributed by atoms with Crippen LogP contribution < -0.4 is 5.32 Å². The first-order valence-corrected chi connectivity index (χ1v) is 6.35. The van der Waals surface area contributed by atoms with Crippen molar-refractivity contribution in [3.8, 4) is 0 Å². The summed E-state index contributed by atoms with van der Waals surface area (Å²) in [5.41, 5.74) is 0.0313. The summed E-state index contributed by atoms with van der Waals surface area (Å²) in [5, 5.41) is 2.76. The molecule has 0 bridgehead atoms. The van der Waals surface area contributed by atoms with E-state index in [1.165, 1.54) is 0 Å². The smallest absolute Gasteiger partial charge is 0.219 e. The summed E-state index contributed by atoms with van der Waals surface area (Å²) in [4.78, 5) is 10.9. The molecule has 0 atom stereocenters. The molecule has 0 unspecified atom stereocenters. The third kappa shape index (κ3) is 13.3. The summed E-state index contributed by atoms with van der Waals surface area (Å²) in [6.45, 7) is 12.5. The zero-order chi connectivity index (χ0) is 13.7. The lowest BCUT2D eigenvalue weighted by Gasteiger charge is -2.23. The number of carbonyl (C=O) groups is 1. The topological polar surface area (TPSA) is 47.6 Å². The molecule has 0 saturated carbocycles. The highest BCUT2D eigenvalue weighted by Crippen LogP contribution is 2.14. The standard InChI is InChI=1S/C11H23NO3.C2H6/c1-5-10(13)12-6-7-15-9-11(2,3)8-14-4;1-2/h5-9H2,1-4H3,(H,12,13);1-2H3. The van der Waals surface area contributed by atoms with Gasteiger partial charge in [0.1, 0.15) is 0 Å². The van der Waals surface area contributed by atoms with Crippen LogP contribution >= 0.6 is 0 Å². The van der Waals surface area contributed by atoms with Crippen LogP contribution in [0.1, 0.15) is 41.0 Å². The average Bonchev–Trinajstić information content (AvgIpc) is 2.30. The number of amides is 1. The van der Waals surface area contributed by atoms with Gasteiger partial charge < -0.3 is 14.8 Å². The molecule has 0 aliphatic carbocycles. The predicted octanol–water partition coefficient (Wildman–Crippen LogP) is 2.23. The Morgan fingerprint density at radius 3 is 2.29 bits per heavy atom. The molecule has 0 spiro atoms. The van der Waals surface area contributed by atoms with Gasteiger partial charge in [0.05, 0.1) is 19.8 Å². The molecular formula is C13H29NO3. The van der Waals surface area contributed by atoms with Gasteiger partial charge in [-0.15, -0.1) is 0 Å². The van der Waals surface area contributed by atoms with Crippen molar-refractivity contribution in [2.45, 2.75) is 41.0 Å². The Morgan fingerprint density at radius 2 is 1.82 bits per heavy atom. The van der Waals surface area contributed by atoms with Crippen LogP contribution in [0.4, 0.5) is 0 Å². The number of rotatable bonds is 8. The third-order valence-electron chi connectivity index (χ3n) is 1.92. The van der Waals surface area contributed by atoms with E-state index < -0.39 is 0 Å². The maximum absolute atomic E-state index is 10.9. The molecule has 0 saturated heterocycles. The largest absolute Gasteiger partial charge is 0.384 e. The quantitative estimate of drug-likeness (QED) is 0.669. The van der Waals surface area contributed by atoms with Crippen LogP contribution in [-0.4, -0.2) is 39.4 Å². The Kier molecular flexibility index (Phi) is 13.1. The van der Waals surface area contributed by atoms with E-state index in [0.29, 0.717) is 32.8 Å². The summed E-state index contributed by atoms with van der Waals surface area (Å²) in [6, 6.07) is 0. The van der Waals surface area contributed by atoms with Gasteiger partial charge in [-0.25, -0.2) is 0 Å². The van der Waals surface area contributed by atoms with Gasteiger partial charge in [-0.05, 0) is 0 Å². The molecule has 0 radical (unpaired) electrons. The van der Waals surface area contributed by atoms with Crippen LogP contribution in [0.2, 0.25) is 0 Å². The van der Waals surface area contributed by atoms with Crippen LogP contribution in [0, 0.1) is 5.41 Å².